The standard InChI is InChI=1S/C13H13BrN2O2S/c14-10-3-1-2-9(6-10)13-16-11(8-19-13)7-12(18)15-4-5-17/h1-3,6,8,17H,4-5,7H2,(H,15,18). The summed E-state index contributed by atoms with van der Waals surface area (Å²) < 4.78 is 1.00. The number of hydrogen-bond donors (Lipinski definition) is 2. The molecule has 2 aromatic rings. The first kappa shape index (κ1) is 14.2. The van der Waals surface area contributed by atoms with Crippen LogP contribution in [0, 0.1) is 0 Å². The first-order valence-electron chi connectivity index (χ1n) is 5.77. The molecule has 100 valence electrons. The summed E-state index contributed by atoms with van der Waals surface area (Å²) in [5.74, 6) is -0.125. The van der Waals surface area contributed by atoms with E-state index in [-0.39, 0.29) is 25.5 Å². The molecule has 0 unspecified atom stereocenters. The van der Waals surface area contributed by atoms with Crippen molar-refractivity contribution in [2.45, 2.75) is 6.42 Å². The molecular formula is C13H13BrN2O2S. The normalized spacial score (nSPS) is 10.4. The Morgan fingerprint density at radius 1 is 1.47 bits per heavy atom. The molecule has 1 amide bonds. The Balaban J connectivity index is 2.05. The van der Waals surface area contributed by atoms with Crippen LogP contribution in [0.3, 0.4) is 0 Å². The minimum Gasteiger partial charge on any atom is -0.395 e. The van der Waals surface area contributed by atoms with Crippen LogP contribution in [0.5, 0.6) is 0 Å². The Kier molecular flexibility index (Phi) is 5.07. The SMILES string of the molecule is O=C(Cc1csc(-c2cccc(Br)c2)n1)NCCO. The Hall–Kier alpha value is -1.24. The van der Waals surface area contributed by atoms with Crippen LogP contribution < -0.4 is 5.32 Å². The second-order valence-electron chi connectivity index (χ2n) is 3.90. The Labute approximate surface area is 123 Å². The highest BCUT2D eigenvalue weighted by Gasteiger charge is 2.08. The van der Waals surface area contributed by atoms with E-state index in [0.29, 0.717) is 0 Å². The second kappa shape index (κ2) is 6.79. The second-order valence-corrected chi connectivity index (χ2v) is 5.68. The fourth-order valence-corrected chi connectivity index (χ4v) is 2.78. The number of nitrogens with one attached hydrogen (secondary N) is 1. The number of hydrogen-bond acceptors (Lipinski definition) is 4. The summed E-state index contributed by atoms with van der Waals surface area (Å²) in [6.07, 6.45) is 0.241. The van der Waals surface area contributed by atoms with Gasteiger partial charge in [0, 0.05) is 22.0 Å². The molecule has 0 radical (unpaired) electrons. The molecule has 0 spiro atoms. The van der Waals surface area contributed by atoms with E-state index in [2.05, 4.69) is 26.2 Å². The van der Waals surface area contributed by atoms with E-state index in [1.165, 1.54) is 11.3 Å². The third kappa shape index (κ3) is 4.12. The van der Waals surface area contributed by atoms with E-state index in [9.17, 15) is 4.79 Å². The molecule has 1 aromatic carbocycles. The van der Waals surface area contributed by atoms with Crippen LogP contribution in [0.4, 0.5) is 0 Å². The van der Waals surface area contributed by atoms with Gasteiger partial charge in [0.05, 0.1) is 18.7 Å². The number of halogens is 1. The van der Waals surface area contributed by atoms with E-state index < -0.39 is 0 Å². The van der Waals surface area contributed by atoms with Crippen molar-refractivity contribution in [2.75, 3.05) is 13.2 Å². The van der Waals surface area contributed by atoms with Gasteiger partial charge in [-0.15, -0.1) is 11.3 Å². The average molecular weight is 341 g/mol. The highest BCUT2D eigenvalue weighted by Crippen LogP contribution is 2.26. The predicted octanol–water partition coefficient (Wildman–Crippen LogP) is 2.22. The van der Waals surface area contributed by atoms with Crippen molar-refractivity contribution in [3.8, 4) is 10.6 Å². The average Bonchev–Trinajstić information content (AvgIpc) is 2.85. The fourth-order valence-electron chi connectivity index (χ4n) is 1.56. The van der Waals surface area contributed by atoms with Crippen LogP contribution in [0.15, 0.2) is 34.1 Å². The van der Waals surface area contributed by atoms with E-state index in [1.807, 2.05) is 29.6 Å². The maximum absolute atomic E-state index is 11.5. The van der Waals surface area contributed by atoms with E-state index in [0.717, 1.165) is 20.7 Å². The van der Waals surface area contributed by atoms with Crippen LogP contribution in [-0.4, -0.2) is 29.1 Å². The van der Waals surface area contributed by atoms with Crippen LogP contribution in [0.25, 0.3) is 10.6 Å². The molecular weight excluding hydrogens is 328 g/mol. The van der Waals surface area contributed by atoms with Crippen molar-refractivity contribution in [1.82, 2.24) is 10.3 Å². The highest BCUT2D eigenvalue weighted by atomic mass is 79.9. The summed E-state index contributed by atoms with van der Waals surface area (Å²) in [6, 6.07) is 7.89. The summed E-state index contributed by atoms with van der Waals surface area (Å²) in [4.78, 5) is 16.0. The third-order valence-corrected chi connectivity index (χ3v) is 3.83. The lowest BCUT2D eigenvalue weighted by atomic mass is 10.2. The van der Waals surface area contributed by atoms with Crippen molar-refractivity contribution in [3.63, 3.8) is 0 Å². The van der Waals surface area contributed by atoms with Crippen molar-refractivity contribution in [2.24, 2.45) is 0 Å². The molecule has 0 saturated heterocycles. The molecule has 0 aliphatic heterocycles. The molecule has 2 rings (SSSR count). The summed E-state index contributed by atoms with van der Waals surface area (Å²) >= 11 is 4.94. The minimum absolute atomic E-state index is 0.0495. The lowest BCUT2D eigenvalue weighted by Crippen LogP contribution is -2.27. The van der Waals surface area contributed by atoms with Gasteiger partial charge >= 0.3 is 0 Å². The Bertz CT molecular complexity index is 571. The summed E-state index contributed by atoms with van der Waals surface area (Å²) in [5, 5.41) is 14.0. The smallest absolute Gasteiger partial charge is 0.226 e. The molecule has 0 saturated carbocycles. The van der Waals surface area contributed by atoms with Gasteiger partial charge in [0.25, 0.3) is 0 Å². The summed E-state index contributed by atoms with van der Waals surface area (Å²) in [5.41, 5.74) is 1.77. The lowest BCUT2D eigenvalue weighted by Gasteiger charge is -2.00. The number of aliphatic hydroxyl groups is 1. The molecule has 2 N–H and O–H groups in total. The van der Waals surface area contributed by atoms with Crippen LogP contribution in [0.1, 0.15) is 5.69 Å². The molecule has 1 heterocycles. The van der Waals surface area contributed by atoms with Crippen molar-refractivity contribution in [3.05, 3.63) is 39.8 Å². The molecule has 0 aliphatic carbocycles. The van der Waals surface area contributed by atoms with E-state index in [4.69, 9.17) is 5.11 Å². The topological polar surface area (TPSA) is 62.2 Å². The predicted molar refractivity (Wildman–Crippen MR) is 79.0 cm³/mol. The van der Waals surface area contributed by atoms with Crippen LogP contribution >= 0.6 is 27.3 Å². The maximum atomic E-state index is 11.5. The number of benzene rings is 1. The minimum atomic E-state index is -0.125. The van der Waals surface area contributed by atoms with Gasteiger partial charge in [-0.25, -0.2) is 4.98 Å². The fraction of sp³-hybridized carbons (Fsp3) is 0.231. The molecule has 0 aliphatic rings. The van der Waals surface area contributed by atoms with Gasteiger partial charge in [-0.2, -0.15) is 0 Å². The number of rotatable bonds is 5. The van der Waals surface area contributed by atoms with Gasteiger partial charge in [-0.1, -0.05) is 28.1 Å². The zero-order chi connectivity index (χ0) is 13.7. The molecule has 4 nitrogen and oxygen atoms in total. The van der Waals surface area contributed by atoms with Crippen molar-refractivity contribution >= 4 is 33.2 Å². The number of aliphatic hydroxyl groups excluding tert-OH is 1. The highest BCUT2D eigenvalue weighted by molar-refractivity contribution is 9.10. The number of nitrogens with zero attached hydrogens (tertiary/aromatic N) is 1. The maximum Gasteiger partial charge on any atom is 0.226 e. The lowest BCUT2D eigenvalue weighted by molar-refractivity contribution is -0.120. The van der Waals surface area contributed by atoms with Gasteiger partial charge < -0.3 is 10.4 Å². The summed E-state index contributed by atoms with van der Waals surface area (Å²) in [7, 11) is 0. The zero-order valence-electron chi connectivity index (χ0n) is 10.1. The Morgan fingerprint density at radius 3 is 3.05 bits per heavy atom. The van der Waals surface area contributed by atoms with E-state index in [1.54, 1.807) is 0 Å². The Morgan fingerprint density at radius 2 is 2.32 bits per heavy atom. The van der Waals surface area contributed by atoms with Gasteiger partial charge in [0.15, 0.2) is 0 Å². The number of thiazole rings is 1. The first-order valence-corrected chi connectivity index (χ1v) is 7.44. The first-order chi connectivity index (χ1) is 9.19. The number of aromatic nitrogens is 1. The van der Waals surface area contributed by atoms with Gasteiger partial charge in [0.1, 0.15) is 5.01 Å². The zero-order valence-corrected chi connectivity index (χ0v) is 12.5. The molecule has 1 aromatic heterocycles. The largest absolute Gasteiger partial charge is 0.395 e. The molecule has 0 atom stereocenters. The van der Waals surface area contributed by atoms with Gasteiger partial charge in [-0.05, 0) is 12.1 Å². The quantitative estimate of drug-likeness (QED) is 0.877. The number of carbonyl (C=O) groups excluding carboxylic acids is 1. The van der Waals surface area contributed by atoms with Crippen LogP contribution in [-0.2, 0) is 11.2 Å². The van der Waals surface area contributed by atoms with Gasteiger partial charge in [0.2, 0.25) is 5.91 Å². The number of carbonyl (C=O) groups is 1. The van der Waals surface area contributed by atoms with Crippen LogP contribution in [0.2, 0.25) is 0 Å². The van der Waals surface area contributed by atoms with Crippen molar-refractivity contribution in [1.29, 1.82) is 0 Å². The molecule has 19 heavy (non-hydrogen) atoms. The molecule has 0 bridgehead atoms. The van der Waals surface area contributed by atoms with Gasteiger partial charge in [-0.3, -0.25) is 4.79 Å². The molecule has 6 heteroatoms. The summed E-state index contributed by atoms with van der Waals surface area (Å²) in [6.45, 7) is 0.230. The monoisotopic (exact) mass is 340 g/mol. The van der Waals surface area contributed by atoms with Crippen molar-refractivity contribution < 1.29 is 9.90 Å². The molecule has 0 fully saturated rings. The van der Waals surface area contributed by atoms with E-state index >= 15 is 0 Å². The number of amides is 1. The third-order valence-electron chi connectivity index (χ3n) is 2.40.